The van der Waals surface area contributed by atoms with Crippen molar-refractivity contribution < 1.29 is 8.78 Å². The van der Waals surface area contributed by atoms with E-state index in [9.17, 15) is 8.78 Å². The molecule has 0 aliphatic carbocycles. The zero-order valence-corrected chi connectivity index (χ0v) is 14.9. The Bertz CT molecular complexity index is 1080. The third-order valence-corrected chi connectivity index (χ3v) is 5.98. The summed E-state index contributed by atoms with van der Waals surface area (Å²) in [5.41, 5.74) is 1.19. The second-order valence-corrected chi connectivity index (χ2v) is 7.79. The van der Waals surface area contributed by atoms with Crippen molar-refractivity contribution in [1.29, 1.82) is 0 Å². The van der Waals surface area contributed by atoms with Gasteiger partial charge in [0.1, 0.15) is 16.5 Å². The van der Waals surface area contributed by atoms with Crippen LogP contribution < -0.4 is 5.32 Å². The van der Waals surface area contributed by atoms with Crippen LogP contribution in [0.25, 0.3) is 31.6 Å². The Morgan fingerprint density at radius 1 is 1.19 bits per heavy atom. The molecule has 1 aliphatic heterocycles. The summed E-state index contributed by atoms with van der Waals surface area (Å²) in [4.78, 5) is 1.79. The van der Waals surface area contributed by atoms with Crippen LogP contribution in [-0.2, 0) is 7.05 Å². The molecule has 0 unspecified atom stereocenters. The molecular formula is C18H17F2N5S. The van der Waals surface area contributed by atoms with Crippen molar-refractivity contribution in [3.05, 3.63) is 36.4 Å². The molecule has 5 rings (SSSR count). The Balaban J connectivity index is 1.53. The number of rotatable bonds is 2. The summed E-state index contributed by atoms with van der Waals surface area (Å²) >= 11 is 1.50. The largest absolute Gasteiger partial charge is 0.314 e. The van der Waals surface area contributed by atoms with Crippen molar-refractivity contribution in [2.45, 2.75) is 18.6 Å². The minimum Gasteiger partial charge on any atom is -0.314 e. The molecule has 1 N–H and O–H groups in total. The van der Waals surface area contributed by atoms with Crippen molar-refractivity contribution in [1.82, 2.24) is 24.9 Å². The van der Waals surface area contributed by atoms with Crippen molar-refractivity contribution in [2.75, 3.05) is 13.1 Å². The van der Waals surface area contributed by atoms with Gasteiger partial charge in [0.15, 0.2) is 5.82 Å². The quantitative estimate of drug-likeness (QED) is 0.583. The summed E-state index contributed by atoms with van der Waals surface area (Å²) in [6.07, 6.45) is 3.50. The van der Waals surface area contributed by atoms with Crippen molar-refractivity contribution >= 4 is 32.5 Å². The Labute approximate surface area is 152 Å². The summed E-state index contributed by atoms with van der Waals surface area (Å²) in [5.74, 6) is -0.329. The Morgan fingerprint density at radius 3 is 2.88 bits per heavy atom. The molecule has 4 aromatic rings. The number of aromatic nitrogens is 4. The summed E-state index contributed by atoms with van der Waals surface area (Å²) in [5, 5.41) is 13.5. The van der Waals surface area contributed by atoms with Crippen LogP contribution in [0, 0.1) is 5.82 Å². The molecule has 26 heavy (non-hydrogen) atoms. The predicted octanol–water partition coefficient (Wildman–Crippen LogP) is 3.66. The van der Waals surface area contributed by atoms with E-state index < -0.39 is 6.17 Å². The number of benzene rings is 1. The Kier molecular flexibility index (Phi) is 3.58. The molecule has 0 amide bonds. The smallest absolute Gasteiger partial charge is 0.151 e. The van der Waals surface area contributed by atoms with Crippen molar-refractivity contribution in [3.8, 4) is 10.4 Å². The molecule has 134 valence electrons. The molecule has 8 heteroatoms. The molecule has 1 saturated heterocycles. The van der Waals surface area contributed by atoms with E-state index in [1.54, 1.807) is 22.6 Å². The number of hydrogen-bond donors (Lipinski definition) is 1. The van der Waals surface area contributed by atoms with E-state index in [0.717, 1.165) is 39.0 Å². The lowest BCUT2D eigenvalue weighted by Crippen LogP contribution is -2.39. The molecule has 4 heterocycles. The third-order valence-electron chi connectivity index (χ3n) is 4.89. The highest BCUT2D eigenvalue weighted by Crippen LogP contribution is 2.36. The van der Waals surface area contributed by atoms with Crippen molar-refractivity contribution in [3.63, 3.8) is 0 Å². The number of piperidine rings is 1. The molecule has 1 fully saturated rings. The molecule has 0 radical (unpaired) electrons. The molecule has 0 saturated carbocycles. The lowest BCUT2D eigenvalue weighted by atomic mass is 10.1. The molecular weight excluding hydrogens is 356 g/mol. The monoisotopic (exact) mass is 373 g/mol. The zero-order valence-electron chi connectivity index (χ0n) is 14.1. The molecule has 5 nitrogen and oxygen atoms in total. The zero-order chi connectivity index (χ0) is 17.8. The predicted molar refractivity (Wildman–Crippen MR) is 98.7 cm³/mol. The highest BCUT2D eigenvalue weighted by Gasteiger charge is 2.27. The molecule has 2 atom stereocenters. The van der Waals surface area contributed by atoms with Gasteiger partial charge in [-0.25, -0.2) is 8.78 Å². The van der Waals surface area contributed by atoms with E-state index in [1.165, 1.54) is 17.4 Å². The average Bonchev–Trinajstić information content (AvgIpc) is 3.27. The van der Waals surface area contributed by atoms with Crippen LogP contribution in [0.4, 0.5) is 8.78 Å². The fourth-order valence-corrected chi connectivity index (χ4v) is 4.61. The first kappa shape index (κ1) is 15.9. The van der Waals surface area contributed by atoms with Gasteiger partial charge >= 0.3 is 0 Å². The number of nitrogens with zero attached hydrogens (tertiary/aromatic N) is 4. The van der Waals surface area contributed by atoms with Gasteiger partial charge in [-0.3, -0.25) is 9.36 Å². The Morgan fingerprint density at radius 2 is 2.08 bits per heavy atom. The Hall–Kier alpha value is -2.32. The highest BCUT2D eigenvalue weighted by molar-refractivity contribution is 7.21. The fraction of sp³-hybridized carbons (Fsp3) is 0.333. The van der Waals surface area contributed by atoms with Gasteiger partial charge < -0.3 is 5.32 Å². The van der Waals surface area contributed by atoms with Crippen LogP contribution in [0.3, 0.4) is 0 Å². The second kappa shape index (κ2) is 5.85. The molecule has 1 aromatic carbocycles. The van der Waals surface area contributed by atoms with Crippen LogP contribution in [0.15, 0.2) is 30.6 Å². The molecule has 0 spiro atoms. The lowest BCUT2D eigenvalue weighted by Gasteiger charge is -2.26. The first-order chi connectivity index (χ1) is 12.6. The van der Waals surface area contributed by atoms with Gasteiger partial charge in [0.2, 0.25) is 0 Å². The minimum absolute atomic E-state index is 0.219. The molecule has 3 aromatic heterocycles. The maximum absolute atomic E-state index is 14.3. The minimum atomic E-state index is -0.931. The van der Waals surface area contributed by atoms with Crippen LogP contribution in [0.5, 0.6) is 0 Å². The van der Waals surface area contributed by atoms with E-state index in [-0.39, 0.29) is 11.9 Å². The normalized spacial score (nSPS) is 21.0. The van der Waals surface area contributed by atoms with Gasteiger partial charge in [0.05, 0.1) is 6.04 Å². The highest BCUT2D eigenvalue weighted by atomic mass is 32.1. The third kappa shape index (κ3) is 2.52. The van der Waals surface area contributed by atoms with Gasteiger partial charge in [-0.1, -0.05) is 0 Å². The number of thiophene rings is 1. The van der Waals surface area contributed by atoms with Gasteiger partial charge in [-0.05, 0) is 36.7 Å². The first-order valence-corrected chi connectivity index (χ1v) is 9.37. The fourth-order valence-electron chi connectivity index (χ4n) is 3.61. The van der Waals surface area contributed by atoms with Gasteiger partial charge in [0.25, 0.3) is 0 Å². The van der Waals surface area contributed by atoms with Crippen LogP contribution in [0.2, 0.25) is 0 Å². The van der Waals surface area contributed by atoms with Crippen LogP contribution in [0.1, 0.15) is 12.5 Å². The number of aryl methyl sites for hydroxylation is 1. The van der Waals surface area contributed by atoms with Crippen molar-refractivity contribution in [2.24, 2.45) is 7.05 Å². The van der Waals surface area contributed by atoms with E-state index in [1.807, 2.05) is 18.3 Å². The van der Waals surface area contributed by atoms with Crippen LogP contribution >= 0.6 is 11.3 Å². The lowest BCUT2D eigenvalue weighted by molar-refractivity contribution is 0.174. The number of hydrogen-bond acceptors (Lipinski definition) is 4. The summed E-state index contributed by atoms with van der Waals surface area (Å²) in [6.45, 7) is 1.17. The average molecular weight is 373 g/mol. The standard InChI is InChI=1S/C18H17F2N5S/c1-24-8-11-4-10(5-13(19)17(11)22-24)16-6-12-9-25(23-18(12)26-16)15-2-3-21-7-14(15)20/h4-6,8-9,14-15,21H,2-3,7H2,1H3/t14-,15-/m1/s1. The van der Waals surface area contributed by atoms with Gasteiger partial charge in [-0.2, -0.15) is 10.2 Å². The second-order valence-electron chi connectivity index (χ2n) is 6.76. The first-order valence-electron chi connectivity index (χ1n) is 8.55. The topological polar surface area (TPSA) is 47.7 Å². The number of fused-ring (bicyclic) bond motifs is 2. The van der Waals surface area contributed by atoms with E-state index >= 15 is 0 Å². The summed E-state index contributed by atoms with van der Waals surface area (Å²) in [7, 11) is 1.78. The van der Waals surface area contributed by atoms with E-state index in [2.05, 4.69) is 15.5 Å². The number of alkyl halides is 1. The van der Waals surface area contributed by atoms with E-state index in [0.29, 0.717) is 12.1 Å². The summed E-state index contributed by atoms with van der Waals surface area (Å²) < 4.78 is 31.8. The molecule has 1 aliphatic rings. The maximum Gasteiger partial charge on any atom is 0.151 e. The van der Waals surface area contributed by atoms with Gasteiger partial charge in [-0.15, -0.1) is 11.3 Å². The number of nitrogens with one attached hydrogen (secondary N) is 1. The summed E-state index contributed by atoms with van der Waals surface area (Å²) in [6, 6.07) is 5.23. The van der Waals surface area contributed by atoms with E-state index in [4.69, 9.17) is 0 Å². The van der Waals surface area contributed by atoms with Crippen LogP contribution in [-0.4, -0.2) is 38.8 Å². The van der Waals surface area contributed by atoms with Gasteiger partial charge in [0, 0.05) is 41.6 Å². The maximum atomic E-state index is 14.3. The number of halogens is 2. The molecule has 0 bridgehead atoms. The SMILES string of the molecule is Cn1cc2cc(-c3cc4cn([C@@H]5CCNC[C@H]5F)nc4s3)cc(F)c2n1.